The van der Waals surface area contributed by atoms with E-state index < -0.39 is 6.10 Å². The zero-order valence-electron chi connectivity index (χ0n) is 13.5. The monoisotopic (exact) mass is 333 g/mol. The van der Waals surface area contributed by atoms with Crippen molar-refractivity contribution >= 4 is 11.5 Å². The van der Waals surface area contributed by atoms with E-state index in [0.717, 1.165) is 41.1 Å². The Hall–Kier alpha value is -1.50. The fourth-order valence-corrected chi connectivity index (χ4v) is 3.56. The summed E-state index contributed by atoms with van der Waals surface area (Å²) in [7, 11) is 0. The predicted octanol–water partition coefficient (Wildman–Crippen LogP) is 2.61. The average Bonchev–Trinajstić information content (AvgIpc) is 2.95. The van der Waals surface area contributed by atoms with Gasteiger partial charge in [0.2, 0.25) is 0 Å². The van der Waals surface area contributed by atoms with Crippen LogP contribution in [0.25, 0.3) is 0 Å². The van der Waals surface area contributed by atoms with E-state index in [1.165, 1.54) is 11.5 Å². The molecule has 23 heavy (non-hydrogen) atoms. The number of nitrogens with zero attached hydrogens (tertiary/aromatic N) is 2. The van der Waals surface area contributed by atoms with Crippen molar-refractivity contribution in [2.45, 2.75) is 57.9 Å². The molecule has 1 aliphatic carbocycles. The van der Waals surface area contributed by atoms with Crippen LogP contribution in [0.15, 0.2) is 24.3 Å². The Morgan fingerprint density at radius 1 is 1.30 bits per heavy atom. The highest BCUT2D eigenvalue weighted by molar-refractivity contribution is 7.05. The first-order valence-electron chi connectivity index (χ1n) is 8.06. The van der Waals surface area contributed by atoms with Crippen LogP contribution in [-0.4, -0.2) is 32.9 Å². The third-order valence-corrected chi connectivity index (χ3v) is 5.26. The van der Waals surface area contributed by atoms with Gasteiger partial charge < -0.3 is 15.2 Å². The van der Waals surface area contributed by atoms with Crippen molar-refractivity contribution in [3.8, 4) is 5.75 Å². The normalized spacial score (nSPS) is 24.6. The molecule has 124 valence electrons. The number of aliphatic hydroxyl groups is 1. The van der Waals surface area contributed by atoms with Gasteiger partial charge in [-0.3, -0.25) is 0 Å². The maximum atomic E-state index is 10.7. The van der Waals surface area contributed by atoms with Crippen molar-refractivity contribution in [3.63, 3.8) is 0 Å². The lowest BCUT2D eigenvalue weighted by molar-refractivity contribution is -0.0159. The minimum atomic E-state index is -0.510. The zero-order chi connectivity index (χ0) is 16.2. The number of aliphatic hydroxyl groups excluding tert-OH is 1. The lowest BCUT2D eigenvalue weighted by atomic mass is 9.89. The number of aromatic nitrogens is 2. The van der Waals surface area contributed by atoms with Crippen LogP contribution in [-0.2, 0) is 6.54 Å². The molecule has 0 saturated heterocycles. The molecule has 0 amide bonds. The van der Waals surface area contributed by atoms with Gasteiger partial charge in [0.25, 0.3) is 0 Å². The maximum Gasteiger partial charge on any atom is 0.126 e. The predicted molar refractivity (Wildman–Crippen MR) is 90.7 cm³/mol. The van der Waals surface area contributed by atoms with Gasteiger partial charge >= 0.3 is 0 Å². The van der Waals surface area contributed by atoms with Crippen molar-refractivity contribution in [2.75, 3.05) is 0 Å². The van der Waals surface area contributed by atoms with Crippen molar-refractivity contribution in [3.05, 3.63) is 40.4 Å². The van der Waals surface area contributed by atoms with E-state index in [-0.39, 0.29) is 12.1 Å². The first kappa shape index (κ1) is 16.4. The van der Waals surface area contributed by atoms with Gasteiger partial charge in [-0.15, -0.1) is 5.10 Å². The van der Waals surface area contributed by atoms with E-state index in [0.29, 0.717) is 6.54 Å². The molecular weight excluding hydrogens is 310 g/mol. The van der Waals surface area contributed by atoms with Crippen molar-refractivity contribution in [1.82, 2.24) is 14.9 Å². The van der Waals surface area contributed by atoms with Gasteiger partial charge in [0.05, 0.1) is 10.6 Å². The summed E-state index contributed by atoms with van der Waals surface area (Å²) in [5.41, 5.74) is 2.06. The molecule has 2 N–H and O–H groups in total. The Morgan fingerprint density at radius 2 is 2.13 bits per heavy atom. The number of nitrogens with one attached hydrogen (secondary N) is 1. The average molecular weight is 333 g/mol. The van der Waals surface area contributed by atoms with Gasteiger partial charge in [0.15, 0.2) is 0 Å². The zero-order valence-corrected chi connectivity index (χ0v) is 14.3. The molecule has 0 spiro atoms. The highest BCUT2D eigenvalue weighted by Gasteiger charge is 2.33. The Morgan fingerprint density at radius 3 is 2.87 bits per heavy atom. The number of aryl methyl sites for hydroxylation is 2. The highest BCUT2D eigenvalue weighted by atomic mass is 32.1. The van der Waals surface area contributed by atoms with Gasteiger partial charge in [-0.05, 0) is 56.3 Å². The number of rotatable bonds is 5. The maximum absolute atomic E-state index is 10.7. The lowest BCUT2D eigenvalue weighted by Gasteiger charge is -2.35. The molecule has 0 radical (unpaired) electrons. The molecule has 1 heterocycles. The van der Waals surface area contributed by atoms with Crippen LogP contribution in [0.3, 0.4) is 0 Å². The van der Waals surface area contributed by atoms with Crippen LogP contribution in [0.4, 0.5) is 0 Å². The lowest BCUT2D eigenvalue weighted by Crippen LogP contribution is -2.50. The second-order valence-electron chi connectivity index (χ2n) is 6.11. The van der Waals surface area contributed by atoms with Crippen LogP contribution in [0.5, 0.6) is 5.75 Å². The molecule has 0 aliphatic heterocycles. The van der Waals surface area contributed by atoms with E-state index in [9.17, 15) is 5.11 Å². The van der Waals surface area contributed by atoms with Crippen LogP contribution >= 0.6 is 11.5 Å². The molecule has 3 rings (SSSR count). The molecule has 6 heteroatoms. The van der Waals surface area contributed by atoms with Crippen molar-refractivity contribution < 1.29 is 9.84 Å². The number of ether oxygens (including phenoxy) is 1. The molecule has 1 saturated carbocycles. The SMILES string of the molecule is Cc1ccccc1O[C@@H]1CCC[C@H](NCc2snnc2C)[C@H]1O. The fraction of sp³-hybridized carbons (Fsp3) is 0.529. The standard InChI is InChI=1S/C17H23N3O2S/c1-11-6-3-4-8-14(11)22-15-9-5-7-13(17(15)21)18-10-16-12(2)19-20-23-16/h3-4,6,8,13,15,17-18,21H,5,7,9-10H2,1-2H3/t13-,15+,17+/m0/s1. The summed E-state index contributed by atoms with van der Waals surface area (Å²) in [6.45, 7) is 4.68. The van der Waals surface area contributed by atoms with Crippen LogP contribution in [0.1, 0.15) is 35.4 Å². The first-order chi connectivity index (χ1) is 11.1. The molecule has 2 aromatic rings. The summed E-state index contributed by atoms with van der Waals surface area (Å²) in [5.74, 6) is 0.861. The molecule has 5 nitrogen and oxygen atoms in total. The van der Waals surface area contributed by atoms with E-state index >= 15 is 0 Å². The van der Waals surface area contributed by atoms with E-state index in [4.69, 9.17) is 4.74 Å². The third-order valence-electron chi connectivity index (χ3n) is 4.44. The number of benzene rings is 1. The molecule has 1 fully saturated rings. The largest absolute Gasteiger partial charge is 0.487 e. The molecular formula is C17H23N3O2S. The van der Waals surface area contributed by atoms with Crippen LogP contribution in [0, 0.1) is 13.8 Å². The molecule has 1 aromatic heterocycles. The summed E-state index contributed by atoms with van der Waals surface area (Å²) < 4.78 is 10.0. The minimum Gasteiger partial charge on any atom is -0.487 e. The minimum absolute atomic E-state index is 0.0410. The van der Waals surface area contributed by atoms with Gasteiger partial charge in [-0.2, -0.15) is 0 Å². The van der Waals surface area contributed by atoms with Crippen LogP contribution < -0.4 is 10.1 Å². The third kappa shape index (κ3) is 3.88. The highest BCUT2D eigenvalue weighted by Crippen LogP contribution is 2.26. The van der Waals surface area contributed by atoms with Gasteiger partial charge in [-0.25, -0.2) is 0 Å². The van der Waals surface area contributed by atoms with E-state index in [1.54, 1.807) is 0 Å². The summed E-state index contributed by atoms with van der Waals surface area (Å²) in [6, 6.07) is 7.99. The first-order valence-corrected chi connectivity index (χ1v) is 8.84. The number of hydrogen-bond donors (Lipinski definition) is 2. The second-order valence-corrected chi connectivity index (χ2v) is 6.95. The summed E-state index contributed by atoms with van der Waals surface area (Å²) in [4.78, 5) is 1.12. The Balaban J connectivity index is 1.60. The summed E-state index contributed by atoms with van der Waals surface area (Å²) >= 11 is 1.41. The molecule has 3 atom stereocenters. The molecule has 0 bridgehead atoms. The van der Waals surface area contributed by atoms with Gasteiger partial charge in [-0.1, -0.05) is 22.7 Å². The second kappa shape index (κ2) is 7.38. The van der Waals surface area contributed by atoms with E-state index in [1.807, 2.05) is 38.1 Å². The Labute approximate surface area is 140 Å². The number of hydrogen-bond acceptors (Lipinski definition) is 6. The van der Waals surface area contributed by atoms with Gasteiger partial charge in [0.1, 0.15) is 18.0 Å². The smallest absolute Gasteiger partial charge is 0.126 e. The molecule has 1 aliphatic rings. The summed E-state index contributed by atoms with van der Waals surface area (Å²) in [5, 5.41) is 18.1. The topological polar surface area (TPSA) is 67.3 Å². The Bertz CT molecular complexity index is 646. The quantitative estimate of drug-likeness (QED) is 0.880. The Kier molecular flexibility index (Phi) is 5.25. The van der Waals surface area contributed by atoms with Gasteiger partial charge in [0, 0.05) is 12.6 Å². The molecule has 1 aromatic carbocycles. The van der Waals surface area contributed by atoms with Crippen LogP contribution in [0.2, 0.25) is 0 Å². The fourth-order valence-electron chi connectivity index (χ4n) is 2.98. The van der Waals surface area contributed by atoms with Crippen molar-refractivity contribution in [1.29, 1.82) is 0 Å². The summed E-state index contributed by atoms with van der Waals surface area (Å²) in [6.07, 6.45) is 2.22. The number of para-hydroxylation sites is 1. The van der Waals surface area contributed by atoms with Crippen molar-refractivity contribution in [2.24, 2.45) is 0 Å². The van der Waals surface area contributed by atoms with E-state index in [2.05, 4.69) is 14.9 Å². The molecule has 0 unspecified atom stereocenters.